The van der Waals surface area contributed by atoms with Gasteiger partial charge >= 0.3 is 0 Å². The molecule has 1 fully saturated rings. The molecule has 1 aliphatic carbocycles. The van der Waals surface area contributed by atoms with Crippen LogP contribution in [0, 0.1) is 0 Å². The van der Waals surface area contributed by atoms with Crippen LogP contribution in [0.2, 0.25) is 0 Å². The number of carbonyl (C=O) groups excluding carboxylic acids is 1. The van der Waals surface area contributed by atoms with E-state index >= 15 is 0 Å². The second kappa shape index (κ2) is 12.5. The molecule has 0 saturated heterocycles. The first kappa shape index (κ1) is 25.0. The summed E-state index contributed by atoms with van der Waals surface area (Å²) in [5.74, 6) is -0.284. The van der Waals surface area contributed by atoms with E-state index in [0.717, 1.165) is 31.4 Å². The Morgan fingerprint density at radius 2 is 1.30 bits per heavy atom. The average molecular weight is 470 g/mol. The van der Waals surface area contributed by atoms with Crippen molar-refractivity contribution in [3.63, 3.8) is 0 Å². The van der Waals surface area contributed by atoms with E-state index < -0.39 is 10.0 Å². The number of rotatable bonds is 5. The van der Waals surface area contributed by atoms with Crippen LogP contribution < -0.4 is 9.73 Å². The van der Waals surface area contributed by atoms with Gasteiger partial charge in [-0.25, -0.2) is 13.8 Å². The molecular formula is C26H35N3O3S. The summed E-state index contributed by atoms with van der Waals surface area (Å²) in [7, 11) is -2.15. The number of nitrogens with zero attached hydrogens (tertiary/aromatic N) is 2. The Bertz CT molecular complexity index is 1000. The van der Waals surface area contributed by atoms with Gasteiger partial charge in [-0.05, 0) is 62.1 Å². The van der Waals surface area contributed by atoms with Crippen LogP contribution in [0.1, 0.15) is 81.0 Å². The Morgan fingerprint density at radius 1 is 0.788 bits per heavy atom. The molecule has 0 aromatic heterocycles. The second-order valence-corrected chi connectivity index (χ2v) is 10.6. The lowest BCUT2D eigenvalue weighted by Gasteiger charge is -2.19. The van der Waals surface area contributed by atoms with Crippen LogP contribution in [-0.4, -0.2) is 27.1 Å². The average Bonchev–Trinajstić information content (AvgIpc) is 2.83. The highest BCUT2D eigenvalue weighted by Crippen LogP contribution is 2.22. The first-order valence-corrected chi connectivity index (χ1v) is 13.4. The van der Waals surface area contributed by atoms with Crippen LogP contribution in [0.3, 0.4) is 0 Å². The van der Waals surface area contributed by atoms with Gasteiger partial charge in [0.05, 0.1) is 10.6 Å². The summed E-state index contributed by atoms with van der Waals surface area (Å²) in [6, 6.07) is 14.8. The van der Waals surface area contributed by atoms with Crippen molar-refractivity contribution in [1.82, 2.24) is 5.43 Å². The molecule has 1 N–H and O–H groups in total. The van der Waals surface area contributed by atoms with Crippen molar-refractivity contribution in [2.24, 2.45) is 5.10 Å². The molecule has 33 heavy (non-hydrogen) atoms. The molecular weight excluding hydrogens is 434 g/mol. The third kappa shape index (κ3) is 7.42. The van der Waals surface area contributed by atoms with E-state index in [4.69, 9.17) is 0 Å². The summed E-state index contributed by atoms with van der Waals surface area (Å²) in [6.45, 7) is 0. The molecule has 0 unspecified atom stereocenters. The van der Waals surface area contributed by atoms with Crippen molar-refractivity contribution in [3.8, 4) is 0 Å². The van der Waals surface area contributed by atoms with E-state index in [2.05, 4.69) is 10.5 Å². The molecule has 0 heterocycles. The summed E-state index contributed by atoms with van der Waals surface area (Å²) in [5, 5.41) is 4.43. The van der Waals surface area contributed by atoms with Crippen molar-refractivity contribution < 1.29 is 13.2 Å². The first-order chi connectivity index (χ1) is 16.0. The van der Waals surface area contributed by atoms with E-state index in [9.17, 15) is 13.2 Å². The number of carbonyl (C=O) groups is 1. The molecule has 0 atom stereocenters. The van der Waals surface area contributed by atoms with Gasteiger partial charge < -0.3 is 0 Å². The quantitative estimate of drug-likeness (QED) is 0.554. The second-order valence-electron chi connectivity index (χ2n) is 8.63. The predicted octanol–water partition coefficient (Wildman–Crippen LogP) is 5.90. The number of hydrazone groups is 1. The molecule has 1 saturated carbocycles. The molecule has 0 aliphatic heterocycles. The number of hydrogen-bond acceptors (Lipinski definition) is 4. The molecule has 3 rings (SSSR count). The van der Waals surface area contributed by atoms with Crippen LogP contribution in [0.4, 0.5) is 5.69 Å². The highest BCUT2D eigenvalue weighted by molar-refractivity contribution is 7.92. The third-order valence-corrected chi connectivity index (χ3v) is 7.94. The van der Waals surface area contributed by atoms with Gasteiger partial charge in [-0.3, -0.25) is 9.10 Å². The lowest BCUT2D eigenvalue weighted by atomic mass is 10.00. The summed E-state index contributed by atoms with van der Waals surface area (Å²) < 4.78 is 26.8. The molecule has 1 amide bonds. The van der Waals surface area contributed by atoms with Gasteiger partial charge in [0.15, 0.2) is 0 Å². The molecule has 2 aromatic rings. The van der Waals surface area contributed by atoms with Crippen LogP contribution in [-0.2, 0) is 10.0 Å². The standard InChI is InChI=1S/C26H35N3O3S/c1-29(33(31,32)25-16-12-9-13-17-25)24-20-18-22(19-21-24)26(30)28-27-23-14-10-7-5-3-2-4-6-8-11-15-23/h9,12-13,16-21H,2-8,10-11,14-15H2,1H3,(H,28,30). The maximum Gasteiger partial charge on any atom is 0.271 e. The fourth-order valence-electron chi connectivity index (χ4n) is 4.04. The molecule has 0 spiro atoms. The van der Waals surface area contributed by atoms with Gasteiger partial charge in [0.25, 0.3) is 15.9 Å². The van der Waals surface area contributed by atoms with Gasteiger partial charge in [-0.1, -0.05) is 63.1 Å². The largest absolute Gasteiger partial charge is 0.271 e. The summed E-state index contributed by atoms with van der Waals surface area (Å²) >= 11 is 0. The Morgan fingerprint density at radius 3 is 1.85 bits per heavy atom. The molecule has 6 nitrogen and oxygen atoms in total. The SMILES string of the molecule is CN(c1ccc(C(=O)NN=C2CCCCCCCCCCC2)cc1)S(=O)(=O)c1ccccc1. The number of hydrogen-bond donors (Lipinski definition) is 1. The fourth-order valence-corrected chi connectivity index (χ4v) is 5.26. The lowest BCUT2D eigenvalue weighted by molar-refractivity contribution is 0.0954. The Hall–Kier alpha value is -2.67. The number of benzene rings is 2. The molecule has 1 aliphatic rings. The van der Waals surface area contributed by atoms with E-state index in [1.165, 1.54) is 56.3 Å². The Balaban J connectivity index is 1.62. The van der Waals surface area contributed by atoms with Gasteiger partial charge in [0.2, 0.25) is 0 Å². The van der Waals surface area contributed by atoms with Crippen molar-refractivity contribution in [2.75, 3.05) is 11.4 Å². The molecule has 7 heteroatoms. The summed E-state index contributed by atoms with van der Waals surface area (Å²) in [4.78, 5) is 12.8. The zero-order valence-electron chi connectivity index (χ0n) is 19.5. The van der Waals surface area contributed by atoms with E-state index in [-0.39, 0.29) is 10.8 Å². The van der Waals surface area contributed by atoms with Crippen LogP contribution in [0.25, 0.3) is 0 Å². The predicted molar refractivity (Wildman–Crippen MR) is 134 cm³/mol. The van der Waals surface area contributed by atoms with Gasteiger partial charge in [0.1, 0.15) is 0 Å². The highest BCUT2D eigenvalue weighted by atomic mass is 32.2. The Kier molecular flexibility index (Phi) is 9.48. The zero-order valence-corrected chi connectivity index (χ0v) is 20.3. The topological polar surface area (TPSA) is 78.8 Å². The van der Waals surface area contributed by atoms with Crippen LogP contribution >= 0.6 is 0 Å². The minimum absolute atomic E-state index is 0.224. The number of amides is 1. The van der Waals surface area contributed by atoms with Gasteiger partial charge in [-0.15, -0.1) is 0 Å². The summed E-state index contributed by atoms with van der Waals surface area (Å²) in [6.07, 6.45) is 13.1. The lowest BCUT2D eigenvalue weighted by Crippen LogP contribution is -2.26. The van der Waals surface area contributed by atoms with E-state index in [0.29, 0.717) is 11.3 Å². The first-order valence-electron chi connectivity index (χ1n) is 12.0. The zero-order chi connectivity index (χ0) is 23.5. The van der Waals surface area contributed by atoms with Gasteiger partial charge in [-0.2, -0.15) is 5.10 Å². The number of anilines is 1. The number of nitrogens with one attached hydrogen (secondary N) is 1. The highest BCUT2D eigenvalue weighted by Gasteiger charge is 2.21. The van der Waals surface area contributed by atoms with E-state index in [1.54, 1.807) is 54.6 Å². The van der Waals surface area contributed by atoms with Crippen molar-refractivity contribution in [2.45, 2.75) is 75.5 Å². The molecule has 0 radical (unpaired) electrons. The smallest absolute Gasteiger partial charge is 0.269 e. The minimum Gasteiger partial charge on any atom is -0.269 e. The van der Waals surface area contributed by atoms with Gasteiger partial charge in [0, 0.05) is 18.3 Å². The Labute approximate surface area is 198 Å². The van der Waals surface area contributed by atoms with Crippen molar-refractivity contribution in [1.29, 1.82) is 0 Å². The molecule has 178 valence electrons. The van der Waals surface area contributed by atoms with Crippen molar-refractivity contribution in [3.05, 3.63) is 60.2 Å². The van der Waals surface area contributed by atoms with Crippen molar-refractivity contribution >= 4 is 27.3 Å². The van der Waals surface area contributed by atoms with Crippen LogP contribution in [0.5, 0.6) is 0 Å². The normalized spacial score (nSPS) is 16.2. The van der Waals surface area contributed by atoms with E-state index in [1.807, 2.05) is 0 Å². The monoisotopic (exact) mass is 469 g/mol. The minimum atomic E-state index is -3.66. The molecule has 0 bridgehead atoms. The number of sulfonamides is 1. The third-order valence-electron chi connectivity index (χ3n) is 6.14. The van der Waals surface area contributed by atoms with Crippen LogP contribution in [0.15, 0.2) is 64.6 Å². The maximum atomic E-state index is 12.8. The molecule has 2 aromatic carbocycles. The fraction of sp³-hybridized carbons (Fsp3) is 0.462. The maximum absolute atomic E-state index is 12.8. The summed E-state index contributed by atoms with van der Waals surface area (Å²) in [5.41, 5.74) is 4.70.